The number of rotatable bonds is 7. The lowest BCUT2D eigenvalue weighted by Crippen LogP contribution is -2.14. The summed E-state index contributed by atoms with van der Waals surface area (Å²) in [5.41, 5.74) is 4.39. The van der Waals surface area contributed by atoms with Crippen LogP contribution in [0, 0.1) is 0 Å². The number of amides is 1. The summed E-state index contributed by atoms with van der Waals surface area (Å²) in [6, 6.07) is 15.7. The molecule has 33 heavy (non-hydrogen) atoms. The summed E-state index contributed by atoms with van der Waals surface area (Å²) in [5.74, 6) is 0.779. The van der Waals surface area contributed by atoms with Crippen molar-refractivity contribution in [2.75, 3.05) is 18.2 Å². The molecular formula is C23H20N6O2S2. The molecule has 2 aromatic carbocycles. The Hall–Kier alpha value is -3.50. The first-order valence-electron chi connectivity index (χ1n) is 10.3. The first-order chi connectivity index (χ1) is 16.2. The van der Waals surface area contributed by atoms with Gasteiger partial charge in [-0.1, -0.05) is 30.0 Å². The molecule has 0 saturated heterocycles. The highest BCUT2D eigenvalue weighted by atomic mass is 32.2. The van der Waals surface area contributed by atoms with Crippen LogP contribution < -0.4 is 10.1 Å². The summed E-state index contributed by atoms with van der Waals surface area (Å²) in [4.78, 5) is 21.7. The lowest BCUT2D eigenvalue weighted by molar-refractivity contribution is -0.113. The Kier molecular flexibility index (Phi) is 5.93. The van der Waals surface area contributed by atoms with Crippen molar-refractivity contribution in [3.63, 3.8) is 0 Å². The van der Waals surface area contributed by atoms with E-state index in [9.17, 15) is 4.79 Å². The predicted octanol–water partition coefficient (Wildman–Crippen LogP) is 4.86. The van der Waals surface area contributed by atoms with Gasteiger partial charge in [-0.15, -0.1) is 21.5 Å². The van der Waals surface area contributed by atoms with Gasteiger partial charge in [0.05, 0.1) is 24.1 Å². The van der Waals surface area contributed by atoms with Crippen molar-refractivity contribution in [1.29, 1.82) is 0 Å². The van der Waals surface area contributed by atoms with E-state index < -0.39 is 0 Å². The number of thiazole rings is 1. The molecule has 3 heterocycles. The van der Waals surface area contributed by atoms with E-state index in [1.165, 1.54) is 23.1 Å². The standard InChI is InChI=1S/C23H20N6O2S2/c1-3-29-18-7-5-4-6-16(18)20-21(29)26-23(28-27-20)33-13-19(30)25-22-24-17(12-32-22)14-8-10-15(31-2)11-9-14/h4-12H,3,13H2,1-2H3,(H,24,25,30). The van der Waals surface area contributed by atoms with Crippen molar-refractivity contribution in [2.45, 2.75) is 18.6 Å². The summed E-state index contributed by atoms with van der Waals surface area (Å²) in [5, 5.41) is 15.4. The van der Waals surface area contributed by atoms with Gasteiger partial charge in [0.1, 0.15) is 11.3 Å². The highest BCUT2D eigenvalue weighted by Gasteiger charge is 2.15. The van der Waals surface area contributed by atoms with Crippen molar-refractivity contribution in [2.24, 2.45) is 0 Å². The zero-order valence-corrected chi connectivity index (χ0v) is 19.6. The second-order valence-corrected chi connectivity index (χ2v) is 8.93. The monoisotopic (exact) mass is 476 g/mol. The van der Waals surface area contributed by atoms with E-state index in [4.69, 9.17) is 4.74 Å². The second-order valence-electron chi connectivity index (χ2n) is 7.13. The number of nitrogens with zero attached hydrogens (tertiary/aromatic N) is 5. The Labute approximate surface area is 198 Å². The van der Waals surface area contributed by atoms with Crippen molar-refractivity contribution in [1.82, 2.24) is 24.7 Å². The van der Waals surface area contributed by atoms with Gasteiger partial charge in [0.15, 0.2) is 10.8 Å². The smallest absolute Gasteiger partial charge is 0.236 e. The van der Waals surface area contributed by atoms with Crippen LogP contribution in [-0.4, -0.2) is 43.5 Å². The molecule has 166 valence electrons. The minimum atomic E-state index is -0.171. The Bertz CT molecular complexity index is 1440. The number of nitrogens with one attached hydrogen (secondary N) is 1. The van der Waals surface area contributed by atoms with E-state index in [0.717, 1.165) is 45.6 Å². The molecular weight excluding hydrogens is 456 g/mol. The van der Waals surface area contributed by atoms with Crippen LogP contribution in [0.1, 0.15) is 6.92 Å². The first-order valence-corrected chi connectivity index (χ1v) is 12.2. The number of anilines is 1. The maximum atomic E-state index is 12.5. The lowest BCUT2D eigenvalue weighted by Gasteiger charge is -2.03. The van der Waals surface area contributed by atoms with E-state index >= 15 is 0 Å². The summed E-state index contributed by atoms with van der Waals surface area (Å²) in [6.07, 6.45) is 0. The molecule has 3 aromatic heterocycles. The molecule has 5 aromatic rings. The highest BCUT2D eigenvalue weighted by Crippen LogP contribution is 2.28. The van der Waals surface area contributed by atoms with E-state index in [-0.39, 0.29) is 11.7 Å². The molecule has 5 rings (SSSR count). The third-order valence-corrected chi connectivity index (χ3v) is 6.73. The van der Waals surface area contributed by atoms with Crippen LogP contribution in [-0.2, 0) is 11.3 Å². The van der Waals surface area contributed by atoms with Gasteiger partial charge >= 0.3 is 0 Å². The van der Waals surface area contributed by atoms with Gasteiger partial charge in [-0.05, 0) is 37.3 Å². The molecule has 10 heteroatoms. The van der Waals surface area contributed by atoms with Crippen molar-refractivity contribution in [3.05, 3.63) is 53.9 Å². The number of ether oxygens (including phenoxy) is 1. The van der Waals surface area contributed by atoms with Gasteiger partial charge in [0, 0.05) is 22.9 Å². The van der Waals surface area contributed by atoms with Gasteiger partial charge in [-0.25, -0.2) is 9.97 Å². The lowest BCUT2D eigenvalue weighted by atomic mass is 10.2. The fourth-order valence-corrected chi connectivity index (χ4v) is 4.90. The van der Waals surface area contributed by atoms with Crippen LogP contribution in [0.4, 0.5) is 5.13 Å². The summed E-state index contributed by atoms with van der Waals surface area (Å²) < 4.78 is 7.30. The average molecular weight is 477 g/mol. The third-order valence-electron chi connectivity index (χ3n) is 5.14. The van der Waals surface area contributed by atoms with Gasteiger partial charge in [0.25, 0.3) is 0 Å². The molecule has 1 amide bonds. The molecule has 0 atom stereocenters. The number of aryl methyl sites for hydroxylation is 1. The maximum Gasteiger partial charge on any atom is 0.236 e. The summed E-state index contributed by atoms with van der Waals surface area (Å²) in [6.45, 7) is 2.84. The molecule has 0 aliphatic heterocycles. The quantitative estimate of drug-likeness (QED) is 0.335. The van der Waals surface area contributed by atoms with E-state index in [0.29, 0.717) is 10.3 Å². The van der Waals surface area contributed by atoms with Crippen molar-refractivity contribution >= 4 is 56.2 Å². The van der Waals surface area contributed by atoms with Gasteiger partial charge < -0.3 is 14.6 Å². The largest absolute Gasteiger partial charge is 0.497 e. The van der Waals surface area contributed by atoms with Crippen molar-refractivity contribution < 1.29 is 9.53 Å². The number of benzene rings is 2. The topological polar surface area (TPSA) is 94.8 Å². The van der Waals surface area contributed by atoms with Crippen LogP contribution in [0.3, 0.4) is 0 Å². The molecule has 0 unspecified atom stereocenters. The van der Waals surface area contributed by atoms with Crippen LogP contribution in [0.5, 0.6) is 5.75 Å². The number of aromatic nitrogens is 5. The molecule has 0 aliphatic rings. The molecule has 0 bridgehead atoms. The molecule has 0 radical (unpaired) electrons. The second kappa shape index (κ2) is 9.16. The van der Waals surface area contributed by atoms with Gasteiger partial charge in [0.2, 0.25) is 11.1 Å². The number of hydrogen-bond acceptors (Lipinski definition) is 8. The van der Waals surface area contributed by atoms with Crippen LogP contribution in [0.2, 0.25) is 0 Å². The van der Waals surface area contributed by atoms with E-state index in [2.05, 4.69) is 43.0 Å². The number of methoxy groups -OCH3 is 1. The number of hydrogen-bond donors (Lipinski definition) is 1. The van der Waals surface area contributed by atoms with E-state index in [1.807, 2.05) is 47.8 Å². The number of fused-ring (bicyclic) bond motifs is 3. The normalized spacial score (nSPS) is 11.2. The minimum Gasteiger partial charge on any atom is -0.497 e. The third kappa shape index (κ3) is 4.27. The first kappa shape index (κ1) is 21.4. The van der Waals surface area contributed by atoms with Gasteiger partial charge in [-0.2, -0.15) is 0 Å². The Morgan fingerprint density at radius 2 is 1.94 bits per heavy atom. The van der Waals surface area contributed by atoms with Crippen molar-refractivity contribution in [3.8, 4) is 17.0 Å². The Morgan fingerprint density at radius 1 is 1.12 bits per heavy atom. The Morgan fingerprint density at radius 3 is 2.73 bits per heavy atom. The number of thioether (sulfide) groups is 1. The minimum absolute atomic E-state index is 0.164. The molecule has 8 nitrogen and oxygen atoms in total. The summed E-state index contributed by atoms with van der Waals surface area (Å²) in [7, 11) is 1.63. The van der Waals surface area contributed by atoms with Crippen LogP contribution in [0.15, 0.2) is 59.1 Å². The summed E-state index contributed by atoms with van der Waals surface area (Å²) >= 11 is 2.63. The fraction of sp³-hybridized carbons (Fsp3) is 0.174. The molecule has 0 saturated carbocycles. The molecule has 1 N–H and O–H groups in total. The predicted molar refractivity (Wildman–Crippen MR) is 132 cm³/mol. The Balaban J connectivity index is 1.26. The number of carbonyl (C=O) groups excluding carboxylic acids is 1. The highest BCUT2D eigenvalue weighted by molar-refractivity contribution is 7.99. The molecule has 0 spiro atoms. The number of carbonyl (C=O) groups is 1. The fourth-order valence-electron chi connectivity index (χ4n) is 3.58. The van der Waals surface area contributed by atoms with Crippen LogP contribution >= 0.6 is 23.1 Å². The van der Waals surface area contributed by atoms with Gasteiger partial charge in [-0.3, -0.25) is 4.79 Å². The zero-order chi connectivity index (χ0) is 22.8. The molecule has 0 fully saturated rings. The average Bonchev–Trinajstić information content (AvgIpc) is 3.44. The van der Waals surface area contributed by atoms with E-state index in [1.54, 1.807) is 7.11 Å². The maximum absolute atomic E-state index is 12.5. The number of para-hydroxylation sites is 1. The zero-order valence-electron chi connectivity index (χ0n) is 18.0. The molecule has 0 aliphatic carbocycles. The SMILES string of the molecule is CCn1c2ccccc2c2nnc(SCC(=O)Nc3nc(-c4ccc(OC)cc4)cs3)nc21. The van der Waals surface area contributed by atoms with Crippen LogP contribution in [0.25, 0.3) is 33.3 Å².